The fourth-order valence-corrected chi connectivity index (χ4v) is 12.2. The molecule has 8 rings (SSSR count). The van der Waals surface area contributed by atoms with Crippen LogP contribution in [0.4, 0.5) is 0 Å². The van der Waals surface area contributed by atoms with E-state index in [0.29, 0.717) is 46.0 Å². The van der Waals surface area contributed by atoms with E-state index in [0.717, 1.165) is 94.5 Å². The van der Waals surface area contributed by atoms with E-state index in [9.17, 15) is 16.8 Å². The summed E-state index contributed by atoms with van der Waals surface area (Å²) in [6.45, 7) is 0. The van der Waals surface area contributed by atoms with Crippen LogP contribution in [0.25, 0.3) is 11.4 Å². The molecule has 0 amide bonds. The smallest absolute Gasteiger partial charge is 0.157 e. The van der Waals surface area contributed by atoms with Gasteiger partial charge in [-0.25, -0.2) is 16.8 Å². The van der Waals surface area contributed by atoms with Gasteiger partial charge in [0.25, 0.3) is 0 Å². The van der Waals surface area contributed by atoms with Crippen LogP contribution >= 0.6 is 55.1 Å². The third kappa shape index (κ3) is 12.0. The Hall–Kier alpha value is -3.80. The van der Waals surface area contributed by atoms with Crippen LogP contribution in [0.5, 0.6) is 11.5 Å². The average Bonchev–Trinajstić information content (AvgIpc) is 4.12. The molecule has 340 valence electrons. The van der Waals surface area contributed by atoms with Crippen molar-refractivity contribution in [2.24, 2.45) is 0 Å². The molecule has 2 saturated carbocycles. The Labute approximate surface area is 402 Å². The van der Waals surface area contributed by atoms with E-state index in [1.165, 1.54) is 0 Å². The molecular weight excluding hydrogens is 1030 g/mol. The Morgan fingerprint density at radius 3 is 1.27 bits per heavy atom. The summed E-state index contributed by atoms with van der Waals surface area (Å²) in [6.07, 6.45) is 9.48. The van der Waals surface area contributed by atoms with Gasteiger partial charge < -0.3 is 9.47 Å². The normalized spacial score (nSPS) is 14.7. The van der Waals surface area contributed by atoms with Gasteiger partial charge in [-0.05, 0) is 130 Å². The number of benzene rings is 4. The SMILES string of the molecule is COc1cccc(Br)c1-n1c(CS(=O)(=O)CCc2ccc(Cl)cc2)nnc1C1CCCC1.COc1cccc(Br)c1-n1c(CS(=O)(=O)CCc2ccc(Cl)cc2)nnc1C1CCCC1. The van der Waals surface area contributed by atoms with Gasteiger partial charge in [-0.15, -0.1) is 20.4 Å². The molecule has 0 spiro atoms. The van der Waals surface area contributed by atoms with Crippen LogP contribution in [0.15, 0.2) is 93.9 Å². The molecule has 0 N–H and O–H groups in total. The van der Waals surface area contributed by atoms with Crippen molar-refractivity contribution < 1.29 is 26.3 Å². The number of halogens is 4. The van der Waals surface area contributed by atoms with Gasteiger partial charge in [-0.1, -0.05) is 85.3 Å². The van der Waals surface area contributed by atoms with Crippen molar-refractivity contribution in [3.05, 3.63) is 138 Å². The first-order valence-electron chi connectivity index (χ1n) is 21.2. The highest BCUT2D eigenvalue weighted by molar-refractivity contribution is 9.11. The lowest BCUT2D eigenvalue weighted by Crippen LogP contribution is -2.17. The van der Waals surface area contributed by atoms with E-state index in [1.807, 2.05) is 69.8 Å². The Kier molecular flexibility index (Phi) is 16.3. The van der Waals surface area contributed by atoms with E-state index >= 15 is 0 Å². The van der Waals surface area contributed by atoms with Crippen LogP contribution in [-0.4, -0.2) is 72.1 Å². The maximum absolute atomic E-state index is 13.0. The lowest BCUT2D eigenvalue weighted by atomic mass is 10.1. The second kappa shape index (κ2) is 21.7. The fraction of sp³-hybridized carbons (Fsp3) is 0.391. The number of aryl methyl sites for hydroxylation is 2. The maximum Gasteiger partial charge on any atom is 0.157 e. The zero-order valence-corrected chi connectivity index (χ0v) is 41.9. The van der Waals surface area contributed by atoms with Gasteiger partial charge in [0.15, 0.2) is 31.3 Å². The topological polar surface area (TPSA) is 148 Å². The fourth-order valence-electron chi connectivity index (χ4n) is 8.37. The molecule has 2 fully saturated rings. The van der Waals surface area contributed by atoms with E-state index in [2.05, 4.69) is 52.3 Å². The molecule has 4 aromatic carbocycles. The minimum atomic E-state index is -3.43. The maximum atomic E-state index is 13.0. The standard InChI is InChI=1S/2C23H25BrClN3O3S/c2*1-31-20-8-4-7-19(24)22(20)28-21(26-27-23(28)17-5-2-3-6-17)15-32(29,30)14-13-16-9-11-18(25)12-10-16/h2*4,7-12,17H,2-3,5-6,13-15H2,1H3. The molecule has 0 saturated heterocycles. The van der Waals surface area contributed by atoms with Crippen LogP contribution in [0.3, 0.4) is 0 Å². The molecule has 0 aliphatic heterocycles. The molecule has 18 heteroatoms. The Balaban J connectivity index is 0.000000191. The third-order valence-electron chi connectivity index (χ3n) is 11.7. The van der Waals surface area contributed by atoms with Crippen molar-refractivity contribution in [1.82, 2.24) is 29.5 Å². The van der Waals surface area contributed by atoms with Crippen LogP contribution in [0.1, 0.15) is 97.6 Å². The molecule has 2 aromatic heterocycles. The summed E-state index contributed by atoms with van der Waals surface area (Å²) in [6, 6.07) is 25.8. The molecule has 64 heavy (non-hydrogen) atoms. The van der Waals surface area contributed by atoms with Crippen molar-refractivity contribution in [3.63, 3.8) is 0 Å². The van der Waals surface area contributed by atoms with Gasteiger partial charge in [-0.3, -0.25) is 9.13 Å². The number of nitrogens with zero attached hydrogens (tertiary/aromatic N) is 6. The number of aromatic nitrogens is 6. The van der Waals surface area contributed by atoms with Gasteiger partial charge in [0, 0.05) is 30.8 Å². The second-order valence-electron chi connectivity index (χ2n) is 16.1. The first-order valence-corrected chi connectivity index (χ1v) is 27.2. The monoisotopic (exact) mass is 1070 g/mol. The van der Waals surface area contributed by atoms with Gasteiger partial charge in [-0.2, -0.15) is 0 Å². The largest absolute Gasteiger partial charge is 0.495 e. The zero-order valence-electron chi connectivity index (χ0n) is 35.6. The number of rotatable bonds is 16. The first kappa shape index (κ1) is 48.1. The summed E-state index contributed by atoms with van der Waals surface area (Å²) in [5.41, 5.74) is 3.34. The van der Waals surface area contributed by atoms with Crippen LogP contribution in [-0.2, 0) is 44.0 Å². The minimum absolute atomic E-state index is 0.0212. The minimum Gasteiger partial charge on any atom is -0.495 e. The lowest BCUT2D eigenvalue weighted by Gasteiger charge is -2.18. The predicted octanol–water partition coefficient (Wildman–Crippen LogP) is 11.0. The molecule has 0 bridgehead atoms. The molecule has 0 radical (unpaired) electrons. The van der Waals surface area contributed by atoms with Gasteiger partial charge in [0.1, 0.15) is 46.0 Å². The van der Waals surface area contributed by atoms with Crippen molar-refractivity contribution >= 4 is 74.7 Å². The Bertz CT molecular complexity index is 2570. The molecule has 2 aliphatic carbocycles. The highest BCUT2D eigenvalue weighted by atomic mass is 79.9. The zero-order chi connectivity index (χ0) is 45.4. The molecule has 0 unspecified atom stereocenters. The van der Waals surface area contributed by atoms with Crippen LogP contribution in [0.2, 0.25) is 10.0 Å². The molecule has 2 heterocycles. The number of hydrogen-bond acceptors (Lipinski definition) is 10. The Morgan fingerprint density at radius 2 is 0.922 bits per heavy atom. The second-order valence-corrected chi connectivity index (χ2v) is 23.1. The van der Waals surface area contributed by atoms with Crippen LogP contribution < -0.4 is 9.47 Å². The van der Waals surface area contributed by atoms with E-state index in [4.69, 9.17) is 32.7 Å². The number of methoxy groups -OCH3 is 2. The summed E-state index contributed by atoms with van der Waals surface area (Å²) in [5, 5.41) is 18.9. The molecular formula is C46H50Br2Cl2N6O6S2. The quantitative estimate of drug-likeness (QED) is 0.0917. The van der Waals surface area contributed by atoms with Gasteiger partial charge in [0.05, 0.1) is 25.7 Å². The van der Waals surface area contributed by atoms with E-state index < -0.39 is 19.7 Å². The van der Waals surface area contributed by atoms with E-state index in [1.54, 1.807) is 38.5 Å². The van der Waals surface area contributed by atoms with Crippen molar-refractivity contribution in [3.8, 4) is 22.9 Å². The highest BCUT2D eigenvalue weighted by Crippen LogP contribution is 2.40. The number of sulfone groups is 2. The summed E-state index contributed by atoms with van der Waals surface area (Å²) in [7, 11) is -3.65. The van der Waals surface area contributed by atoms with Crippen molar-refractivity contribution in [2.45, 2.75) is 87.5 Å². The predicted molar refractivity (Wildman–Crippen MR) is 259 cm³/mol. The molecule has 12 nitrogen and oxygen atoms in total. The van der Waals surface area contributed by atoms with Crippen molar-refractivity contribution in [2.75, 3.05) is 25.7 Å². The molecule has 6 aromatic rings. The molecule has 2 aliphatic rings. The number of ether oxygens (including phenoxy) is 2. The van der Waals surface area contributed by atoms with Gasteiger partial charge >= 0.3 is 0 Å². The van der Waals surface area contributed by atoms with Crippen LogP contribution in [0, 0.1) is 0 Å². The lowest BCUT2D eigenvalue weighted by molar-refractivity contribution is 0.411. The van der Waals surface area contributed by atoms with Gasteiger partial charge in [0.2, 0.25) is 0 Å². The number of hydrogen-bond donors (Lipinski definition) is 0. The summed E-state index contributed by atoms with van der Waals surface area (Å²) in [5.74, 6) is 3.87. The third-order valence-corrected chi connectivity index (χ3v) is 16.5. The highest BCUT2D eigenvalue weighted by Gasteiger charge is 2.31. The average molecular weight is 1080 g/mol. The Morgan fingerprint density at radius 1 is 0.562 bits per heavy atom. The first-order chi connectivity index (χ1) is 30.8. The summed E-state index contributed by atoms with van der Waals surface area (Å²) >= 11 is 19.1. The molecule has 0 atom stereocenters. The number of para-hydroxylation sites is 2. The summed E-state index contributed by atoms with van der Waals surface area (Å²) in [4.78, 5) is 0. The summed E-state index contributed by atoms with van der Waals surface area (Å²) < 4.78 is 68.8. The van der Waals surface area contributed by atoms with Crippen molar-refractivity contribution in [1.29, 1.82) is 0 Å². The van der Waals surface area contributed by atoms with E-state index in [-0.39, 0.29) is 34.8 Å².